The zero-order valence-corrected chi connectivity index (χ0v) is 17.4. The van der Waals surface area contributed by atoms with E-state index in [4.69, 9.17) is 18.9 Å². The molecule has 0 atom stereocenters. The fraction of sp³-hybridized carbons (Fsp3) is 1.00. The van der Waals surface area contributed by atoms with Crippen LogP contribution in [0.4, 0.5) is 0 Å². The summed E-state index contributed by atoms with van der Waals surface area (Å²) in [6.07, 6.45) is 2.36. The lowest BCUT2D eigenvalue weighted by molar-refractivity contribution is -0.0829. The van der Waals surface area contributed by atoms with Crippen LogP contribution in [-0.2, 0) is 18.9 Å². The van der Waals surface area contributed by atoms with Gasteiger partial charge in [0.25, 0.3) is 0 Å². The van der Waals surface area contributed by atoms with Crippen LogP contribution >= 0.6 is 0 Å². The van der Waals surface area contributed by atoms with Gasteiger partial charge in [0, 0.05) is 26.4 Å². The van der Waals surface area contributed by atoms with Crippen LogP contribution in [0.1, 0.15) is 40.5 Å². The summed E-state index contributed by atoms with van der Waals surface area (Å²) in [7, 11) is 1.46. The van der Waals surface area contributed by atoms with E-state index in [0.717, 1.165) is 70.6 Å². The first-order valence-corrected chi connectivity index (χ1v) is 11.5. The van der Waals surface area contributed by atoms with E-state index in [9.17, 15) is 0 Å². The lowest BCUT2D eigenvalue weighted by atomic mass is 10.4. The van der Waals surface area contributed by atoms with Crippen LogP contribution in [0, 0.1) is 0 Å². The highest BCUT2D eigenvalue weighted by molar-refractivity contribution is 6.36. The van der Waals surface area contributed by atoms with Gasteiger partial charge in [-0.3, -0.25) is 0 Å². The predicted octanol–water partition coefficient (Wildman–Crippen LogP) is 2.31. The second-order valence-corrected chi connectivity index (χ2v) is 7.61. The molecule has 7 heteroatoms. The Kier molecular flexibility index (Phi) is 18.8. The van der Waals surface area contributed by atoms with E-state index in [-0.39, 0.29) is 11.8 Å². The summed E-state index contributed by atoms with van der Waals surface area (Å²) in [5, 5.41) is 3.51. The minimum Gasteiger partial charge on any atom is -0.357 e. The molecule has 23 heavy (non-hydrogen) atoms. The van der Waals surface area contributed by atoms with Crippen LogP contribution in [0.2, 0.25) is 12.1 Å². The van der Waals surface area contributed by atoms with Crippen molar-refractivity contribution in [1.29, 1.82) is 0 Å². The van der Waals surface area contributed by atoms with Crippen molar-refractivity contribution in [2.45, 2.75) is 64.5 Å². The van der Waals surface area contributed by atoms with Gasteiger partial charge in [0.05, 0.1) is 0 Å². The quantitative estimate of drug-likeness (QED) is 0.231. The summed E-state index contributed by atoms with van der Waals surface area (Å²) in [5.41, 5.74) is 0. The van der Waals surface area contributed by atoms with Crippen molar-refractivity contribution in [1.82, 2.24) is 5.32 Å². The third-order valence-electron chi connectivity index (χ3n) is 2.95. The maximum atomic E-state index is 5.55. The largest absolute Gasteiger partial charge is 0.357 e. The molecule has 0 unspecified atom stereocenters. The number of rotatable bonds is 18. The van der Waals surface area contributed by atoms with Crippen molar-refractivity contribution in [3.05, 3.63) is 0 Å². The van der Waals surface area contributed by atoms with Gasteiger partial charge in [0.15, 0.2) is 0 Å². The van der Waals surface area contributed by atoms with Crippen molar-refractivity contribution < 1.29 is 18.9 Å². The molecule has 0 heterocycles. The molecule has 0 fully saturated rings. The zero-order chi connectivity index (χ0) is 17.2. The Morgan fingerprint density at radius 2 is 1.00 bits per heavy atom. The summed E-state index contributed by atoms with van der Waals surface area (Å²) in [6.45, 7) is 13.1. The molecule has 0 aliphatic carbocycles. The van der Waals surface area contributed by atoms with E-state index in [0.29, 0.717) is 0 Å². The van der Waals surface area contributed by atoms with E-state index < -0.39 is 0 Å². The Labute approximate surface area is 147 Å². The number of nitrogens with one attached hydrogen (secondary N) is 1. The summed E-state index contributed by atoms with van der Waals surface area (Å²) in [5.74, 6) is 0.000490. The zero-order valence-electron chi connectivity index (χ0n) is 15.4. The van der Waals surface area contributed by atoms with Gasteiger partial charge >= 0.3 is 0 Å². The Morgan fingerprint density at radius 3 is 1.30 bits per heavy atom. The maximum absolute atomic E-state index is 5.55. The first-order chi connectivity index (χ1) is 11.3. The van der Waals surface area contributed by atoms with Crippen LogP contribution in [0.5, 0.6) is 0 Å². The topological polar surface area (TPSA) is 49.0 Å². The molecule has 0 saturated carbocycles. The third kappa shape index (κ3) is 15.5. The van der Waals surface area contributed by atoms with Gasteiger partial charge in [-0.25, -0.2) is 0 Å². The Bertz CT molecular complexity index is 204. The molecular weight excluding hydrogens is 326 g/mol. The molecule has 136 valence electrons. The van der Waals surface area contributed by atoms with Crippen molar-refractivity contribution in [2.24, 2.45) is 0 Å². The molecule has 0 amide bonds. The van der Waals surface area contributed by atoms with E-state index >= 15 is 0 Å². The van der Waals surface area contributed by atoms with Gasteiger partial charge in [-0.1, -0.05) is 12.1 Å². The highest BCUT2D eigenvalue weighted by Gasteiger charge is 2.09. The molecule has 4 radical (unpaired) electrons. The Balaban J connectivity index is 3.41. The molecule has 0 bridgehead atoms. The molecule has 0 spiro atoms. The Hall–Kier alpha value is 0.234. The Morgan fingerprint density at radius 1 is 0.652 bits per heavy atom. The fourth-order valence-electron chi connectivity index (χ4n) is 1.93. The van der Waals surface area contributed by atoms with Crippen LogP contribution < -0.4 is 5.32 Å². The second-order valence-electron chi connectivity index (χ2n) is 4.85. The van der Waals surface area contributed by atoms with E-state index in [2.05, 4.69) is 5.32 Å². The van der Waals surface area contributed by atoms with Gasteiger partial charge in [0.1, 0.15) is 30.9 Å². The SMILES string of the molecule is CCOC(OCC)[Si]CCCNCCC[Si]C(OCC)OCC. The summed E-state index contributed by atoms with van der Waals surface area (Å²) in [4.78, 5) is 0. The average molecular weight is 362 g/mol. The fourth-order valence-corrected chi connectivity index (χ4v) is 4.30. The first kappa shape index (κ1) is 23.2. The van der Waals surface area contributed by atoms with Crippen molar-refractivity contribution in [3.8, 4) is 0 Å². The van der Waals surface area contributed by atoms with E-state index in [1.807, 2.05) is 27.7 Å². The molecule has 0 aliphatic heterocycles. The lowest BCUT2D eigenvalue weighted by Crippen LogP contribution is -2.26. The van der Waals surface area contributed by atoms with Crippen LogP contribution in [-0.4, -0.2) is 70.4 Å². The van der Waals surface area contributed by atoms with Gasteiger partial charge < -0.3 is 24.3 Å². The van der Waals surface area contributed by atoms with Gasteiger partial charge in [-0.05, 0) is 53.6 Å². The highest BCUT2D eigenvalue weighted by atomic mass is 28.2. The molecule has 0 rings (SSSR count). The van der Waals surface area contributed by atoms with E-state index in [1.54, 1.807) is 0 Å². The molecule has 0 aromatic heterocycles. The molecular formula is C16H35NO4Si2. The minimum atomic E-state index is 0.000245. The summed E-state index contributed by atoms with van der Waals surface area (Å²) in [6, 6.07) is 2.33. The van der Waals surface area contributed by atoms with Crippen molar-refractivity contribution in [2.75, 3.05) is 39.5 Å². The van der Waals surface area contributed by atoms with Gasteiger partial charge in [0.2, 0.25) is 0 Å². The van der Waals surface area contributed by atoms with E-state index in [1.165, 1.54) is 12.8 Å². The van der Waals surface area contributed by atoms with Crippen LogP contribution in [0.25, 0.3) is 0 Å². The lowest BCUT2D eigenvalue weighted by Gasteiger charge is -2.16. The van der Waals surface area contributed by atoms with Crippen LogP contribution in [0.15, 0.2) is 0 Å². The number of hydrogen-bond acceptors (Lipinski definition) is 5. The van der Waals surface area contributed by atoms with Crippen molar-refractivity contribution in [3.63, 3.8) is 0 Å². The molecule has 0 aliphatic rings. The maximum Gasteiger partial charge on any atom is 0.137 e. The number of hydrogen-bond donors (Lipinski definition) is 1. The summed E-state index contributed by atoms with van der Waals surface area (Å²) >= 11 is 0. The van der Waals surface area contributed by atoms with Gasteiger partial charge in [-0.2, -0.15) is 0 Å². The van der Waals surface area contributed by atoms with Crippen LogP contribution in [0.3, 0.4) is 0 Å². The molecule has 0 aromatic rings. The smallest absolute Gasteiger partial charge is 0.137 e. The minimum absolute atomic E-state index is 0.000245. The molecule has 0 aromatic carbocycles. The van der Waals surface area contributed by atoms with Crippen molar-refractivity contribution >= 4 is 19.0 Å². The summed E-state index contributed by atoms with van der Waals surface area (Å²) < 4.78 is 22.2. The standard InChI is InChI=1S/C16H35NO4Si2/c1-5-18-15(19-6-2)22-13-9-11-17-12-10-14-23-16(20-7-3)21-8-4/h15-17H,5-14H2,1-4H3. The highest BCUT2D eigenvalue weighted by Crippen LogP contribution is 2.00. The monoisotopic (exact) mass is 361 g/mol. The second kappa shape index (κ2) is 18.6. The molecule has 0 saturated heterocycles. The normalized spacial score (nSPS) is 11.7. The molecule has 1 N–H and O–H groups in total. The average Bonchev–Trinajstić information content (AvgIpc) is 2.54. The number of ether oxygens (including phenoxy) is 4. The van der Waals surface area contributed by atoms with Gasteiger partial charge in [-0.15, -0.1) is 0 Å². The third-order valence-corrected chi connectivity index (χ3v) is 5.57. The first-order valence-electron chi connectivity index (χ1n) is 8.92. The predicted molar refractivity (Wildman–Crippen MR) is 97.3 cm³/mol. The molecule has 5 nitrogen and oxygen atoms in total.